The number of hydrogen-bond donors (Lipinski definition) is 1. The maximum Gasteiger partial charge on any atom is 0.420 e. The number of amides is 1. The number of likely N-dealkylation sites (tertiary alicyclic amines) is 1. The van der Waals surface area contributed by atoms with Crippen molar-refractivity contribution >= 4 is 11.7 Å². The number of ether oxygens (including phenoxy) is 1. The van der Waals surface area contributed by atoms with E-state index in [1.807, 2.05) is 0 Å². The normalized spacial score (nSPS) is 16.7. The molecule has 1 fully saturated rings. The van der Waals surface area contributed by atoms with E-state index in [0.717, 1.165) is 17.8 Å². The van der Waals surface area contributed by atoms with Gasteiger partial charge in [0, 0.05) is 26.2 Å². The van der Waals surface area contributed by atoms with Crippen molar-refractivity contribution in [2.24, 2.45) is 0 Å². The molecule has 1 aliphatic rings. The SMILES string of the molecule is CN(c1nnccc1C(F)(F)F)C1CCN(C(=O)COc2ccc(CO)cc2)C1. The van der Waals surface area contributed by atoms with Gasteiger partial charge in [0.05, 0.1) is 12.8 Å². The fourth-order valence-electron chi connectivity index (χ4n) is 3.19. The molecule has 0 spiro atoms. The number of nitrogens with zero attached hydrogens (tertiary/aromatic N) is 4. The lowest BCUT2D eigenvalue weighted by molar-refractivity contribution is -0.137. The predicted octanol–water partition coefficient (Wildman–Crippen LogP) is 2.10. The highest BCUT2D eigenvalue weighted by atomic mass is 19.4. The second-order valence-corrected chi connectivity index (χ2v) is 6.75. The van der Waals surface area contributed by atoms with Crippen LogP contribution in [0.3, 0.4) is 0 Å². The van der Waals surface area contributed by atoms with E-state index < -0.39 is 11.7 Å². The van der Waals surface area contributed by atoms with Gasteiger partial charge in [-0.15, -0.1) is 5.10 Å². The maximum absolute atomic E-state index is 13.2. The molecule has 1 amide bonds. The van der Waals surface area contributed by atoms with Gasteiger partial charge in [0.15, 0.2) is 12.4 Å². The van der Waals surface area contributed by atoms with E-state index in [4.69, 9.17) is 9.84 Å². The molecule has 1 unspecified atom stereocenters. The quantitative estimate of drug-likeness (QED) is 0.786. The summed E-state index contributed by atoms with van der Waals surface area (Å²) >= 11 is 0. The summed E-state index contributed by atoms with van der Waals surface area (Å²) in [5.74, 6) is -0.000332. The molecule has 0 radical (unpaired) electrons. The number of carbonyl (C=O) groups excluding carboxylic acids is 1. The fourth-order valence-corrected chi connectivity index (χ4v) is 3.19. The second-order valence-electron chi connectivity index (χ2n) is 6.75. The average molecular weight is 410 g/mol. The number of aliphatic hydroxyl groups excluding tert-OH is 1. The number of benzene rings is 1. The Kier molecular flexibility index (Phi) is 6.21. The van der Waals surface area contributed by atoms with Crippen LogP contribution >= 0.6 is 0 Å². The largest absolute Gasteiger partial charge is 0.484 e. The molecule has 1 aromatic carbocycles. The molecule has 1 atom stereocenters. The summed E-state index contributed by atoms with van der Waals surface area (Å²) in [7, 11) is 1.52. The van der Waals surface area contributed by atoms with Crippen LogP contribution in [0.1, 0.15) is 17.5 Å². The van der Waals surface area contributed by atoms with Gasteiger partial charge < -0.3 is 19.6 Å². The first-order valence-corrected chi connectivity index (χ1v) is 9.01. The Morgan fingerprint density at radius 3 is 2.69 bits per heavy atom. The first-order valence-electron chi connectivity index (χ1n) is 9.01. The number of anilines is 1. The summed E-state index contributed by atoms with van der Waals surface area (Å²) in [6, 6.07) is 7.30. The van der Waals surface area contributed by atoms with E-state index in [9.17, 15) is 18.0 Å². The standard InChI is InChI=1S/C19H21F3N4O3/c1-25(18-16(19(20,21)22)6-8-23-24-18)14-7-9-26(10-14)17(28)12-29-15-4-2-13(11-27)3-5-15/h2-6,8,14,27H,7,9-12H2,1H3. The van der Waals surface area contributed by atoms with Crippen molar-refractivity contribution in [3.8, 4) is 5.75 Å². The summed E-state index contributed by atoms with van der Waals surface area (Å²) in [6.45, 7) is 0.440. The number of halogens is 3. The van der Waals surface area contributed by atoms with Gasteiger partial charge >= 0.3 is 6.18 Å². The van der Waals surface area contributed by atoms with Crippen LogP contribution in [0, 0.1) is 0 Å². The Hall–Kier alpha value is -2.88. The summed E-state index contributed by atoms with van der Waals surface area (Å²) in [5.41, 5.74) is -0.120. The third-order valence-corrected chi connectivity index (χ3v) is 4.87. The number of aliphatic hydroxyl groups is 1. The number of rotatable bonds is 6. The molecule has 0 bridgehead atoms. The molecule has 1 saturated heterocycles. The van der Waals surface area contributed by atoms with E-state index >= 15 is 0 Å². The minimum atomic E-state index is -4.53. The number of likely N-dealkylation sites (N-methyl/N-ethyl adjacent to an activating group) is 1. The van der Waals surface area contributed by atoms with E-state index in [1.54, 1.807) is 29.2 Å². The van der Waals surface area contributed by atoms with Crippen molar-refractivity contribution in [3.63, 3.8) is 0 Å². The smallest absolute Gasteiger partial charge is 0.420 e. The van der Waals surface area contributed by atoms with Gasteiger partial charge in [-0.25, -0.2) is 0 Å². The summed E-state index contributed by atoms with van der Waals surface area (Å²) in [5, 5.41) is 16.3. The molecule has 1 aliphatic heterocycles. The van der Waals surface area contributed by atoms with Gasteiger partial charge in [-0.05, 0) is 30.2 Å². The van der Waals surface area contributed by atoms with Gasteiger partial charge in [-0.2, -0.15) is 18.3 Å². The van der Waals surface area contributed by atoms with Gasteiger partial charge in [-0.1, -0.05) is 12.1 Å². The van der Waals surface area contributed by atoms with E-state index in [1.165, 1.54) is 11.9 Å². The minimum absolute atomic E-state index is 0.0796. The topological polar surface area (TPSA) is 78.8 Å². The molecule has 29 heavy (non-hydrogen) atoms. The lowest BCUT2D eigenvalue weighted by atomic mass is 10.2. The molecule has 2 heterocycles. The molecular formula is C19H21F3N4O3. The molecule has 1 N–H and O–H groups in total. The van der Waals surface area contributed by atoms with Gasteiger partial charge in [0.1, 0.15) is 11.3 Å². The Morgan fingerprint density at radius 2 is 2.03 bits per heavy atom. The molecule has 2 aromatic rings. The van der Waals surface area contributed by atoms with Crippen molar-refractivity contribution < 1.29 is 27.8 Å². The van der Waals surface area contributed by atoms with Crippen LogP contribution < -0.4 is 9.64 Å². The molecule has 7 nitrogen and oxygen atoms in total. The van der Waals surface area contributed by atoms with Crippen LogP contribution in [0.2, 0.25) is 0 Å². The van der Waals surface area contributed by atoms with Crippen LogP contribution in [0.15, 0.2) is 36.5 Å². The van der Waals surface area contributed by atoms with Crippen molar-refractivity contribution in [1.82, 2.24) is 15.1 Å². The minimum Gasteiger partial charge on any atom is -0.484 e. The van der Waals surface area contributed by atoms with Crippen LogP contribution in [-0.2, 0) is 17.6 Å². The van der Waals surface area contributed by atoms with Crippen molar-refractivity contribution in [1.29, 1.82) is 0 Å². The highest BCUT2D eigenvalue weighted by Gasteiger charge is 2.38. The Morgan fingerprint density at radius 1 is 1.31 bits per heavy atom. The van der Waals surface area contributed by atoms with Crippen LogP contribution in [0.5, 0.6) is 5.75 Å². The first kappa shape index (κ1) is 20.8. The maximum atomic E-state index is 13.2. The number of carbonyl (C=O) groups is 1. The number of aromatic nitrogens is 2. The third kappa shape index (κ3) is 4.94. The molecule has 0 saturated carbocycles. The van der Waals surface area contributed by atoms with Crippen LogP contribution in [0.25, 0.3) is 0 Å². The zero-order valence-corrected chi connectivity index (χ0v) is 15.8. The molecule has 0 aliphatic carbocycles. The average Bonchev–Trinajstić information content (AvgIpc) is 3.21. The molecular weight excluding hydrogens is 389 g/mol. The van der Waals surface area contributed by atoms with Gasteiger partial charge in [0.2, 0.25) is 0 Å². The zero-order valence-electron chi connectivity index (χ0n) is 15.8. The first-order chi connectivity index (χ1) is 13.8. The van der Waals surface area contributed by atoms with E-state index in [-0.39, 0.29) is 37.5 Å². The monoisotopic (exact) mass is 410 g/mol. The molecule has 3 rings (SSSR count). The summed E-state index contributed by atoms with van der Waals surface area (Å²) in [4.78, 5) is 15.4. The Bertz CT molecular complexity index is 845. The Balaban J connectivity index is 1.58. The van der Waals surface area contributed by atoms with Crippen molar-refractivity contribution in [3.05, 3.63) is 47.7 Å². The molecule has 10 heteroatoms. The van der Waals surface area contributed by atoms with E-state index in [0.29, 0.717) is 18.7 Å². The highest BCUT2D eigenvalue weighted by molar-refractivity contribution is 5.78. The fraction of sp³-hybridized carbons (Fsp3) is 0.421. The van der Waals surface area contributed by atoms with Gasteiger partial charge in [0.25, 0.3) is 5.91 Å². The number of alkyl halides is 3. The van der Waals surface area contributed by atoms with Crippen molar-refractivity contribution in [2.75, 3.05) is 31.6 Å². The highest BCUT2D eigenvalue weighted by Crippen LogP contribution is 2.35. The molecule has 1 aromatic heterocycles. The second kappa shape index (κ2) is 8.64. The zero-order chi connectivity index (χ0) is 21.0. The Labute approximate surface area is 165 Å². The van der Waals surface area contributed by atoms with E-state index in [2.05, 4.69) is 10.2 Å². The molecule has 156 valence electrons. The van der Waals surface area contributed by atoms with Crippen LogP contribution in [0.4, 0.5) is 19.0 Å². The third-order valence-electron chi connectivity index (χ3n) is 4.87. The summed E-state index contributed by atoms with van der Waals surface area (Å²) in [6.07, 6.45) is -3.01. The van der Waals surface area contributed by atoms with Crippen molar-refractivity contribution in [2.45, 2.75) is 25.2 Å². The summed E-state index contributed by atoms with van der Waals surface area (Å²) < 4.78 is 45.1. The van der Waals surface area contributed by atoms with Crippen LogP contribution in [-0.4, -0.2) is 58.9 Å². The lowest BCUT2D eigenvalue weighted by Gasteiger charge is -2.27. The lowest BCUT2D eigenvalue weighted by Crippen LogP contribution is -2.39. The number of hydrogen-bond acceptors (Lipinski definition) is 6. The van der Waals surface area contributed by atoms with Gasteiger partial charge in [-0.3, -0.25) is 4.79 Å². The predicted molar refractivity (Wildman–Crippen MR) is 98.3 cm³/mol.